The summed E-state index contributed by atoms with van der Waals surface area (Å²) in [5, 5.41) is 0. The van der Waals surface area contributed by atoms with Crippen LogP contribution in [0.5, 0.6) is 5.75 Å². The number of hydrogen-bond donors (Lipinski definition) is 0. The number of methoxy groups -OCH3 is 1. The van der Waals surface area contributed by atoms with Crippen LogP contribution in [0.3, 0.4) is 0 Å². The average Bonchev–Trinajstić information content (AvgIpc) is 2.97. The SMILES string of the molecule is COc1ccc(Cc2cc(-c3ccccc3)[se][o+]2)cc1.[Cl-]. The molecule has 21 heavy (non-hydrogen) atoms. The molecule has 3 aromatic rings. The van der Waals surface area contributed by atoms with Crippen LogP contribution in [0.2, 0.25) is 0 Å². The molecule has 0 atom stereocenters. The molecule has 3 rings (SSSR count). The summed E-state index contributed by atoms with van der Waals surface area (Å²) in [7, 11) is 1.68. The van der Waals surface area contributed by atoms with Gasteiger partial charge in [0, 0.05) is 0 Å². The first-order chi connectivity index (χ1) is 9.85. The molecule has 0 aliphatic heterocycles. The van der Waals surface area contributed by atoms with E-state index in [1.54, 1.807) is 7.11 Å². The predicted molar refractivity (Wildman–Crippen MR) is 81.3 cm³/mol. The van der Waals surface area contributed by atoms with Crippen molar-refractivity contribution in [2.75, 3.05) is 7.11 Å². The third kappa shape index (κ3) is 3.98. The van der Waals surface area contributed by atoms with Crippen molar-refractivity contribution in [1.29, 1.82) is 0 Å². The van der Waals surface area contributed by atoms with Gasteiger partial charge in [0.2, 0.25) is 0 Å². The van der Waals surface area contributed by atoms with Crippen molar-refractivity contribution < 1.29 is 20.6 Å². The molecule has 0 aliphatic rings. The minimum atomic E-state index is 0. The predicted octanol–water partition coefficient (Wildman–Crippen LogP) is 0.888. The van der Waals surface area contributed by atoms with Gasteiger partial charge in [-0.15, -0.1) is 0 Å². The maximum Gasteiger partial charge on any atom is -1.00 e. The fraction of sp³-hybridized carbons (Fsp3) is 0.118. The van der Waals surface area contributed by atoms with E-state index in [-0.39, 0.29) is 27.3 Å². The van der Waals surface area contributed by atoms with Gasteiger partial charge >= 0.3 is 124 Å². The van der Waals surface area contributed by atoms with Crippen molar-refractivity contribution in [2.24, 2.45) is 0 Å². The molecule has 4 heteroatoms. The van der Waals surface area contributed by atoms with Crippen molar-refractivity contribution in [3.63, 3.8) is 0 Å². The van der Waals surface area contributed by atoms with Crippen LogP contribution < -0.4 is 17.1 Å². The normalized spacial score (nSPS) is 9.95. The number of rotatable bonds is 4. The van der Waals surface area contributed by atoms with Gasteiger partial charge in [0.05, 0.1) is 0 Å². The summed E-state index contributed by atoms with van der Waals surface area (Å²) in [6.45, 7) is 0. The minimum Gasteiger partial charge on any atom is -1.00 e. The molecule has 0 aliphatic carbocycles. The van der Waals surface area contributed by atoms with Crippen LogP contribution in [-0.4, -0.2) is 22.0 Å². The van der Waals surface area contributed by atoms with E-state index >= 15 is 0 Å². The summed E-state index contributed by atoms with van der Waals surface area (Å²) >= 11 is 0.0865. The Hall–Kier alpha value is -1.54. The Labute approximate surface area is 136 Å². The number of ether oxygens (including phenoxy) is 1. The zero-order valence-electron chi connectivity index (χ0n) is 11.6. The molecule has 0 fully saturated rings. The Balaban J connectivity index is 0.00000161. The van der Waals surface area contributed by atoms with Gasteiger partial charge in [-0.3, -0.25) is 0 Å². The van der Waals surface area contributed by atoms with E-state index in [0.29, 0.717) is 0 Å². The van der Waals surface area contributed by atoms with Crippen LogP contribution in [0.25, 0.3) is 10.0 Å². The second kappa shape index (κ2) is 7.46. The van der Waals surface area contributed by atoms with Crippen LogP contribution in [0.15, 0.2) is 64.1 Å². The van der Waals surface area contributed by atoms with Gasteiger partial charge in [0.15, 0.2) is 0 Å². The van der Waals surface area contributed by atoms with E-state index in [9.17, 15) is 0 Å². The Morgan fingerprint density at radius 3 is 2.38 bits per heavy atom. The van der Waals surface area contributed by atoms with Crippen molar-refractivity contribution in [1.82, 2.24) is 0 Å². The molecule has 0 saturated heterocycles. The van der Waals surface area contributed by atoms with Crippen molar-refractivity contribution in [3.8, 4) is 15.8 Å². The van der Waals surface area contributed by atoms with Gasteiger partial charge in [-0.2, -0.15) is 0 Å². The Kier molecular flexibility index (Phi) is 5.63. The molecule has 0 amide bonds. The Morgan fingerprint density at radius 2 is 1.71 bits per heavy atom. The molecule has 1 aromatic heterocycles. The summed E-state index contributed by atoms with van der Waals surface area (Å²) in [6.07, 6.45) is 0.835. The van der Waals surface area contributed by atoms with E-state index in [1.807, 2.05) is 18.2 Å². The van der Waals surface area contributed by atoms with Crippen LogP contribution in [0.4, 0.5) is 0 Å². The topological polar surface area (TPSA) is 20.5 Å². The van der Waals surface area contributed by atoms with E-state index in [1.165, 1.54) is 15.6 Å². The van der Waals surface area contributed by atoms with E-state index in [4.69, 9.17) is 8.22 Å². The summed E-state index contributed by atoms with van der Waals surface area (Å²) in [5.74, 6) is 1.94. The van der Waals surface area contributed by atoms with Crippen molar-refractivity contribution >= 4 is 14.9 Å². The van der Waals surface area contributed by atoms with Crippen molar-refractivity contribution in [3.05, 3.63) is 72.0 Å². The smallest absolute Gasteiger partial charge is 1.00 e. The summed E-state index contributed by atoms with van der Waals surface area (Å²) < 4.78 is 12.3. The molecule has 0 saturated carbocycles. The maximum atomic E-state index is 5.84. The second-order valence-electron chi connectivity index (χ2n) is 4.53. The van der Waals surface area contributed by atoms with E-state index in [0.717, 1.165) is 17.9 Å². The standard InChI is InChI=1S/C17H15O2Se.ClH/c1-18-15-9-7-13(8-10-15)11-16-12-17(20-19-16)14-5-3-2-4-6-14;/h2-10,12H,11H2,1H3;1H/q+1;/p-1. The van der Waals surface area contributed by atoms with Gasteiger partial charge in [0.25, 0.3) is 0 Å². The van der Waals surface area contributed by atoms with Gasteiger partial charge < -0.3 is 12.4 Å². The largest absolute Gasteiger partial charge is 1.00 e. The quantitative estimate of drug-likeness (QED) is 0.505. The zero-order chi connectivity index (χ0) is 13.8. The van der Waals surface area contributed by atoms with Crippen LogP contribution >= 0.6 is 0 Å². The van der Waals surface area contributed by atoms with Crippen molar-refractivity contribution in [2.45, 2.75) is 6.42 Å². The maximum absolute atomic E-state index is 5.84. The molecule has 0 radical (unpaired) electrons. The molecule has 0 spiro atoms. The third-order valence-electron chi connectivity index (χ3n) is 3.13. The van der Waals surface area contributed by atoms with Gasteiger partial charge in [0.1, 0.15) is 0 Å². The first-order valence-corrected chi connectivity index (χ1v) is 8.01. The van der Waals surface area contributed by atoms with E-state index < -0.39 is 0 Å². The first-order valence-electron chi connectivity index (χ1n) is 6.45. The molecule has 2 nitrogen and oxygen atoms in total. The number of hydrogen-bond acceptors (Lipinski definition) is 1. The van der Waals surface area contributed by atoms with Gasteiger partial charge in [-0.05, 0) is 0 Å². The molecule has 0 bridgehead atoms. The molecular formula is C17H15ClO2Se. The monoisotopic (exact) mass is 366 g/mol. The summed E-state index contributed by atoms with van der Waals surface area (Å²) in [5.41, 5.74) is 2.50. The Morgan fingerprint density at radius 1 is 1.00 bits per heavy atom. The molecule has 1 heterocycles. The summed E-state index contributed by atoms with van der Waals surface area (Å²) in [4.78, 5) is 0. The van der Waals surface area contributed by atoms with Crippen LogP contribution in [0, 0.1) is 0 Å². The fourth-order valence-corrected chi connectivity index (χ4v) is 3.55. The Bertz CT molecular complexity index is 678. The average molecular weight is 366 g/mol. The third-order valence-corrected chi connectivity index (χ3v) is 4.87. The van der Waals surface area contributed by atoms with Gasteiger partial charge in [-0.25, -0.2) is 0 Å². The molecule has 108 valence electrons. The first kappa shape index (κ1) is 15.8. The van der Waals surface area contributed by atoms with Crippen LogP contribution in [0.1, 0.15) is 11.3 Å². The second-order valence-corrected chi connectivity index (χ2v) is 6.15. The molecular weight excluding hydrogens is 351 g/mol. The molecule has 0 unspecified atom stereocenters. The molecule has 0 N–H and O–H groups in total. The number of benzene rings is 2. The zero-order valence-corrected chi connectivity index (χ0v) is 14.1. The number of halogens is 1. The fourth-order valence-electron chi connectivity index (χ4n) is 2.05. The van der Waals surface area contributed by atoms with Crippen LogP contribution in [-0.2, 0) is 6.42 Å². The van der Waals surface area contributed by atoms with E-state index in [2.05, 4.69) is 42.5 Å². The van der Waals surface area contributed by atoms with Gasteiger partial charge in [-0.1, -0.05) is 0 Å². The summed E-state index contributed by atoms with van der Waals surface area (Å²) in [6, 6.07) is 20.7. The minimum absolute atomic E-state index is 0. The molecule has 2 aromatic carbocycles.